The zero-order valence-corrected chi connectivity index (χ0v) is 15.6. The number of fused-ring (bicyclic) bond motifs is 1. The van der Waals surface area contributed by atoms with Crippen molar-refractivity contribution in [2.45, 2.75) is 6.42 Å². The first-order valence-corrected chi connectivity index (χ1v) is 8.88. The first kappa shape index (κ1) is 18.9. The fourth-order valence-corrected chi connectivity index (χ4v) is 2.92. The van der Waals surface area contributed by atoms with Gasteiger partial charge in [-0.15, -0.1) is 0 Å². The van der Waals surface area contributed by atoms with Crippen molar-refractivity contribution < 1.29 is 4.79 Å². The fourth-order valence-electron chi connectivity index (χ4n) is 2.46. The second kappa shape index (κ2) is 8.70. The summed E-state index contributed by atoms with van der Waals surface area (Å²) in [5.41, 5.74) is 0.227. The van der Waals surface area contributed by atoms with Gasteiger partial charge < -0.3 is 16.0 Å². The van der Waals surface area contributed by atoms with E-state index < -0.39 is 0 Å². The first-order valence-electron chi connectivity index (χ1n) is 8.12. The average molecular weight is 407 g/mol. The maximum atomic E-state index is 11.9. The number of carbonyl (C=O) groups excluding carboxylic acids is 1. The summed E-state index contributed by atoms with van der Waals surface area (Å²) in [6, 6.07) is 9.84. The monoisotopic (exact) mass is 406 g/mol. The number of pyridine rings is 1. The molecule has 0 saturated carbocycles. The molecule has 3 rings (SSSR count). The number of hydrogen-bond donors (Lipinski definition) is 4. The van der Waals surface area contributed by atoms with Crippen molar-refractivity contribution in [2.24, 2.45) is 0 Å². The molecule has 0 bridgehead atoms. The van der Waals surface area contributed by atoms with Gasteiger partial charge in [-0.25, -0.2) is 14.9 Å². The Morgan fingerprint density at radius 1 is 1.07 bits per heavy atom. The Hall–Kier alpha value is -2.84. The lowest BCUT2D eigenvalue weighted by Crippen LogP contribution is -2.30. The van der Waals surface area contributed by atoms with Crippen LogP contribution in [0, 0.1) is 0 Å². The molecule has 140 valence electrons. The van der Waals surface area contributed by atoms with Gasteiger partial charge in [0.25, 0.3) is 5.56 Å². The van der Waals surface area contributed by atoms with E-state index >= 15 is 0 Å². The molecule has 0 unspecified atom stereocenters. The molecule has 8 nitrogen and oxygen atoms in total. The normalized spacial score (nSPS) is 10.6. The minimum atomic E-state index is -0.374. The summed E-state index contributed by atoms with van der Waals surface area (Å²) in [5, 5.41) is 16.7. The van der Waals surface area contributed by atoms with Crippen LogP contribution in [0.1, 0.15) is 6.42 Å². The largest absolute Gasteiger partial charge is 0.368 e. The quantitative estimate of drug-likeness (QED) is 0.370. The van der Waals surface area contributed by atoms with Crippen molar-refractivity contribution in [1.82, 2.24) is 20.5 Å². The molecule has 2 amide bonds. The van der Waals surface area contributed by atoms with Crippen molar-refractivity contribution in [3.05, 3.63) is 57.1 Å². The minimum absolute atomic E-state index is 0.197. The van der Waals surface area contributed by atoms with Gasteiger partial charge in [-0.05, 0) is 24.6 Å². The summed E-state index contributed by atoms with van der Waals surface area (Å²) in [4.78, 5) is 27.4. The van der Waals surface area contributed by atoms with E-state index in [1.165, 1.54) is 12.1 Å². The maximum Gasteiger partial charge on any atom is 0.319 e. The SMILES string of the molecule is O=C(NCCCNc1n[nH]c(=O)c2ccccc12)Nc1cc(Cl)nc(Cl)c1. The highest BCUT2D eigenvalue weighted by atomic mass is 35.5. The van der Waals surface area contributed by atoms with E-state index in [0.717, 1.165) is 5.39 Å². The lowest BCUT2D eigenvalue weighted by Gasteiger charge is -2.10. The van der Waals surface area contributed by atoms with E-state index in [2.05, 4.69) is 31.1 Å². The third kappa shape index (κ3) is 5.08. The third-order valence-electron chi connectivity index (χ3n) is 3.65. The van der Waals surface area contributed by atoms with Crippen molar-refractivity contribution in [3.63, 3.8) is 0 Å². The molecule has 0 fully saturated rings. The molecule has 0 atom stereocenters. The number of nitrogens with one attached hydrogen (secondary N) is 4. The van der Waals surface area contributed by atoms with Crippen LogP contribution in [0.3, 0.4) is 0 Å². The van der Waals surface area contributed by atoms with Crippen LogP contribution in [-0.2, 0) is 0 Å². The van der Waals surface area contributed by atoms with E-state index in [9.17, 15) is 9.59 Å². The van der Waals surface area contributed by atoms with Crippen molar-refractivity contribution in [2.75, 3.05) is 23.7 Å². The van der Waals surface area contributed by atoms with Crippen LogP contribution in [0.4, 0.5) is 16.3 Å². The second-order valence-electron chi connectivity index (χ2n) is 5.61. The number of halogens is 2. The van der Waals surface area contributed by atoms with Crippen molar-refractivity contribution >= 4 is 51.5 Å². The van der Waals surface area contributed by atoms with E-state index in [-0.39, 0.29) is 21.9 Å². The highest BCUT2D eigenvalue weighted by Crippen LogP contribution is 2.18. The molecule has 0 spiro atoms. The summed E-state index contributed by atoms with van der Waals surface area (Å²) in [5.74, 6) is 0.593. The van der Waals surface area contributed by atoms with E-state index in [0.29, 0.717) is 36.4 Å². The maximum absolute atomic E-state index is 11.9. The van der Waals surface area contributed by atoms with Gasteiger partial charge in [-0.3, -0.25) is 4.79 Å². The highest BCUT2D eigenvalue weighted by Gasteiger charge is 2.06. The number of carbonyl (C=O) groups is 1. The summed E-state index contributed by atoms with van der Waals surface area (Å²) < 4.78 is 0. The Morgan fingerprint density at radius 3 is 2.52 bits per heavy atom. The molecule has 0 radical (unpaired) electrons. The smallest absolute Gasteiger partial charge is 0.319 e. The van der Waals surface area contributed by atoms with Gasteiger partial charge in [0, 0.05) is 24.2 Å². The molecular formula is C17H16Cl2N6O2. The zero-order chi connectivity index (χ0) is 19.2. The molecule has 0 aliphatic heterocycles. The molecule has 0 aliphatic carbocycles. The summed E-state index contributed by atoms with van der Waals surface area (Å²) in [7, 11) is 0. The second-order valence-corrected chi connectivity index (χ2v) is 6.38. The number of rotatable bonds is 6. The van der Waals surface area contributed by atoms with Gasteiger partial charge in [0.15, 0.2) is 5.82 Å². The van der Waals surface area contributed by atoms with Crippen LogP contribution in [0.25, 0.3) is 10.8 Å². The van der Waals surface area contributed by atoms with Crippen molar-refractivity contribution in [1.29, 1.82) is 0 Å². The van der Waals surface area contributed by atoms with Crippen LogP contribution in [0.15, 0.2) is 41.2 Å². The average Bonchev–Trinajstić information content (AvgIpc) is 2.62. The number of nitrogens with zero attached hydrogens (tertiary/aromatic N) is 2. The number of hydrogen-bond acceptors (Lipinski definition) is 5. The number of anilines is 2. The molecular weight excluding hydrogens is 391 g/mol. The van der Waals surface area contributed by atoms with E-state index in [4.69, 9.17) is 23.2 Å². The van der Waals surface area contributed by atoms with Gasteiger partial charge in [0.2, 0.25) is 0 Å². The molecule has 2 aromatic heterocycles. The summed E-state index contributed by atoms with van der Waals surface area (Å²) in [6.45, 7) is 1.00. The Labute approximate surface area is 164 Å². The third-order valence-corrected chi connectivity index (χ3v) is 4.04. The lowest BCUT2D eigenvalue weighted by molar-refractivity contribution is 0.252. The summed E-state index contributed by atoms with van der Waals surface area (Å²) in [6.07, 6.45) is 0.653. The lowest BCUT2D eigenvalue weighted by atomic mass is 10.2. The predicted molar refractivity (Wildman–Crippen MR) is 107 cm³/mol. The van der Waals surface area contributed by atoms with Gasteiger partial charge >= 0.3 is 6.03 Å². The Morgan fingerprint density at radius 2 is 1.78 bits per heavy atom. The molecule has 4 N–H and O–H groups in total. The van der Waals surface area contributed by atoms with Crippen LogP contribution < -0.4 is 21.5 Å². The number of benzene rings is 1. The fraction of sp³-hybridized carbons (Fsp3) is 0.176. The van der Waals surface area contributed by atoms with Gasteiger partial charge in [-0.1, -0.05) is 41.4 Å². The number of aromatic amines is 1. The molecule has 3 aromatic rings. The van der Waals surface area contributed by atoms with Crippen LogP contribution >= 0.6 is 23.2 Å². The zero-order valence-electron chi connectivity index (χ0n) is 14.1. The Balaban J connectivity index is 1.46. The minimum Gasteiger partial charge on any atom is -0.368 e. The molecule has 10 heteroatoms. The van der Waals surface area contributed by atoms with Gasteiger partial charge in [0.1, 0.15) is 10.3 Å². The first-order chi connectivity index (χ1) is 13.0. The van der Waals surface area contributed by atoms with Gasteiger partial charge in [-0.2, -0.15) is 5.10 Å². The van der Waals surface area contributed by atoms with Crippen LogP contribution in [-0.4, -0.2) is 34.3 Å². The number of aromatic nitrogens is 3. The topological polar surface area (TPSA) is 112 Å². The Kier molecular flexibility index (Phi) is 6.10. The highest BCUT2D eigenvalue weighted by molar-refractivity contribution is 6.32. The molecule has 0 aliphatic rings. The van der Waals surface area contributed by atoms with Crippen LogP contribution in [0.2, 0.25) is 10.3 Å². The standard InChI is InChI=1S/C17H16Cl2N6O2/c18-13-8-10(9-14(19)23-13)22-17(27)21-7-3-6-20-15-11-4-1-2-5-12(11)16(26)25-24-15/h1-2,4-5,8-9H,3,6-7H2,(H,20,24)(H,25,26)(H2,21,22,23,27). The van der Waals surface area contributed by atoms with Gasteiger partial charge in [0.05, 0.1) is 5.39 Å². The van der Waals surface area contributed by atoms with E-state index in [1.807, 2.05) is 12.1 Å². The molecule has 0 saturated heterocycles. The predicted octanol–water partition coefficient (Wildman–Crippen LogP) is 3.25. The molecule has 2 heterocycles. The summed E-state index contributed by atoms with van der Waals surface area (Å²) >= 11 is 11.6. The number of urea groups is 1. The van der Waals surface area contributed by atoms with E-state index in [1.54, 1.807) is 12.1 Å². The number of H-pyrrole nitrogens is 1. The molecule has 1 aromatic carbocycles. The van der Waals surface area contributed by atoms with Crippen molar-refractivity contribution in [3.8, 4) is 0 Å². The number of amides is 2. The Bertz CT molecular complexity index is 1000. The molecule has 27 heavy (non-hydrogen) atoms. The van der Waals surface area contributed by atoms with Crippen LogP contribution in [0.5, 0.6) is 0 Å².